The van der Waals surface area contributed by atoms with Crippen molar-refractivity contribution < 1.29 is 0 Å². The van der Waals surface area contributed by atoms with Gasteiger partial charge in [-0.05, 0) is 24.8 Å². The average molecular weight is 216 g/mol. The molecule has 1 aromatic rings. The first-order valence-corrected chi connectivity index (χ1v) is 5.97. The van der Waals surface area contributed by atoms with Crippen molar-refractivity contribution in [3.8, 4) is 0 Å². The third-order valence-electron chi connectivity index (χ3n) is 3.44. The lowest BCUT2D eigenvalue weighted by molar-refractivity contribution is 0.268. The van der Waals surface area contributed by atoms with E-state index in [0.29, 0.717) is 0 Å². The van der Waals surface area contributed by atoms with E-state index in [-0.39, 0.29) is 0 Å². The van der Waals surface area contributed by atoms with Crippen LogP contribution >= 0.6 is 0 Å². The molecule has 1 aliphatic heterocycles. The van der Waals surface area contributed by atoms with Crippen LogP contribution in [0.1, 0.15) is 25.3 Å². The van der Waals surface area contributed by atoms with Gasteiger partial charge in [-0.3, -0.25) is 0 Å². The Morgan fingerprint density at radius 2 is 1.94 bits per heavy atom. The standard InChI is InChI=1S/C14H20N2/c1-11-7-9-16(10-8-11)12(2)13-5-3-4-6-14(13)15/h3-6,11H,2,7-10,15H2,1H3. The number of benzene rings is 1. The van der Waals surface area contributed by atoms with Gasteiger partial charge in [0.1, 0.15) is 0 Å². The van der Waals surface area contributed by atoms with Gasteiger partial charge in [0.15, 0.2) is 0 Å². The van der Waals surface area contributed by atoms with Crippen LogP contribution in [0, 0.1) is 5.92 Å². The molecular weight excluding hydrogens is 196 g/mol. The highest BCUT2D eigenvalue weighted by Gasteiger charge is 2.18. The van der Waals surface area contributed by atoms with Crippen LogP contribution in [0.25, 0.3) is 5.70 Å². The van der Waals surface area contributed by atoms with E-state index in [0.717, 1.165) is 36.0 Å². The Morgan fingerprint density at radius 3 is 2.56 bits per heavy atom. The van der Waals surface area contributed by atoms with Crippen molar-refractivity contribution in [2.24, 2.45) is 5.92 Å². The SMILES string of the molecule is C=C(c1ccccc1N)N1CCC(C)CC1. The number of piperidine rings is 1. The average Bonchev–Trinajstić information content (AvgIpc) is 2.30. The van der Waals surface area contributed by atoms with E-state index in [1.807, 2.05) is 18.2 Å². The molecule has 0 aromatic heterocycles. The number of nitrogen functional groups attached to an aromatic ring is 1. The first kappa shape index (κ1) is 11.1. The van der Waals surface area contributed by atoms with E-state index >= 15 is 0 Å². The smallest absolute Gasteiger partial charge is 0.0408 e. The summed E-state index contributed by atoms with van der Waals surface area (Å²) in [4.78, 5) is 2.35. The number of anilines is 1. The molecule has 0 spiro atoms. The molecule has 0 bridgehead atoms. The largest absolute Gasteiger partial charge is 0.398 e. The summed E-state index contributed by atoms with van der Waals surface area (Å²) in [5.74, 6) is 0.845. The summed E-state index contributed by atoms with van der Waals surface area (Å²) in [6.45, 7) is 8.71. The number of likely N-dealkylation sites (tertiary alicyclic amines) is 1. The number of nitrogens with two attached hydrogens (primary N) is 1. The van der Waals surface area contributed by atoms with Crippen LogP contribution in [0.4, 0.5) is 5.69 Å². The summed E-state index contributed by atoms with van der Waals surface area (Å²) >= 11 is 0. The zero-order chi connectivity index (χ0) is 11.5. The van der Waals surface area contributed by atoms with Crippen LogP contribution in [0.5, 0.6) is 0 Å². The van der Waals surface area contributed by atoms with Crippen LogP contribution in [0.3, 0.4) is 0 Å². The molecule has 0 saturated carbocycles. The molecule has 0 unspecified atom stereocenters. The highest BCUT2D eigenvalue weighted by Crippen LogP contribution is 2.27. The number of nitrogens with zero attached hydrogens (tertiary/aromatic N) is 1. The fourth-order valence-corrected chi connectivity index (χ4v) is 2.21. The molecule has 1 aliphatic rings. The summed E-state index contributed by atoms with van der Waals surface area (Å²) in [6, 6.07) is 7.97. The molecule has 1 saturated heterocycles. The van der Waals surface area contributed by atoms with Crippen molar-refractivity contribution >= 4 is 11.4 Å². The maximum Gasteiger partial charge on any atom is 0.0408 e. The van der Waals surface area contributed by atoms with Crippen LogP contribution < -0.4 is 5.73 Å². The molecular formula is C14H20N2. The quantitative estimate of drug-likeness (QED) is 0.770. The van der Waals surface area contributed by atoms with Gasteiger partial charge in [0, 0.05) is 30.0 Å². The van der Waals surface area contributed by atoms with Gasteiger partial charge < -0.3 is 10.6 Å². The van der Waals surface area contributed by atoms with E-state index in [1.165, 1.54) is 12.8 Å². The zero-order valence-electron chi connectivity index (χ0n) is 9.95. The van der Waals surface area contributed by atoms with Gasteiger partial charge in [0.05, 0.1) is 0 Å². The van der Waals surface area contributed by atoms with Crippen molar-refractivity contribution in [2.75, 3.05) is 18.8 Å². The molecule has 2 heteroatoms. The third-order valence-corrected chi connectivity index (χ3v) is 3.44. The molecule has 2 N–H and O–H groups in total. The predicted octanol–water partition coefficient (Wildman–Crippen LogP) is 2.97. The Bertz CT molecular complexity index is 376. The topological polar surface area (TPSA) is 29.3 Å². The van der Waals surface area contributed by atoms with Crippen LogP contribution in [0.15, 0.2) is 30.8 Å². The Balaban J connectivity index is 2.11. The lowest BCUT2D eigenvalue weighted by Crippen LogP contribution is -2.31. The summed E-state index contributed by atoms with van der Waals surface area (Å²) < 4.78 is 0. The van der Waals surface area contributed by atoms with E-state index in [1.54, 1.807) is 0 Å². The molecule has 2 rings (SSSR count). The summed E-state index contributed by atoms with van der Waals surface area (Å²) in [5, 5.41) is 0. The second-order valence-electron chi connectivity index (χ2n) is 4.70. The fourth-order valence-electron chi connectivity index (χ4n) is 2.21. The lowest BCUT2D eigenvalue weighted by Gasteiger charge is -2.33. The second-order valence-corrected chi connectivity index (χ2v) is 4.70. The highest BCUT2D eigenvalue weighted by molar-refractivity contribution is 5.72. The van der Waals surface area contributed by atoms with Gasteiger partial charge in [-0.15, -0.1) is 0 Å². The fraction of sp³-hybridized carbons (Fsp3) is 0.429. The summed E-state index contributed by atoms with van der Waals surface area (Å²) in [5.41, 5.74) is 8.95. The Kier molecular flexibility index (Phi) is 3.18. The number of rotatable bonds is 2. The number of hydrogen-bond acceptors (Lipinski definition) is 2. The number of hydrogen-bond donors (Lipinski definition) is 1. The molecule has 86 valence electrons. The van der Waals surface area contributed by atoms with Crippen LogP contribution in [-0.2, 0) is 0 Å². The number of para-hydroxylation sites is 1. The van der Waals surface area contributed by atoms with Gasteiger partial charge in [-0.1, -0.05) is 31.7 Å². The van der Waals surface area contributed by atoms with Gasteiger partial charge in [-0.2, -0.15) is 0 Å². The van der Waals surface area contributed by atoms with Crippen molar-refractivity contribution in [3.63, 3.8) is 0 Å². The van der Waals surface area contributed by atoms with Crippen molar-refractivity contribution in [1.82, 2.24) is 4.90 Å². The van der Waals surface area contributed by atoms with Crippen molar-refractivity contribution in [1.29, 1.82) is 0 Å². The van der Waals surface area contributed by atoms with Gasteiger partial charge in [0.2, 0.25) is 0 Å². The third kappa shape index (κ3) is 2.21. The molecule has 0 radical (unpaired) electrons. The molecule has 1 fully saturated rings. The van der Waals surface area contributed by atoms with E-state index in [2.05, 4.69) is 24.5 Å². The zero-order valence-corrected chi connectivity index (χ0v) is 9.95. The van der Waals surface area contributed by atoms with Gasteiger partial charge >= 0.3 is 0 Å². The normalized spacial score (nSPS) is 17.4. The molecule has 0 amide bonds. The maximum atomic E-state index is 5.97. The molecule has 0 aliphatic carbocycles. The van der Waals surface area contributed by atoms with Crippen molar-refractivity contribution in [3.05, 3.63) is 36.4 Å². The second kappa shape index (κ2) is 4.60. The van der Waals surface area contributed by atoms with Crippen LogP contribution in [-0.4, -0.2) is 18.0 Å². The Hall–Kier alpha value is -1.44. The Labute approximate surface area is 97.8 Å². The monoisotopic (exact) mass is 216 g/mol. The van der Waals surface area contributed by atoms with Gasteiger partial charge in [0.25, 0.3) is 0 Å². The molecule has 1 aromatic carbocycles. The molecule has 16 heavy (non-hydrogen) atoms. The Morgan fingerprint density at radius 1 is 1.31 bits per heavy atom. The lowest BCUT2D eigenvalue weighted by atomic mass is 9.98. The molecule has 0 atom stereocenters. The maximum absolute atomic E-state index is 5.97. The van der Waals surface area contributed by atoms with E-state index in [4.69, 9.17) is 5.73 Å². The first-order valence-electron chi connectivity index (χ1n) is 5.97. The van der Waals surface area contributed by atoms with Crippen molar-refractivity contribution in [2.45, 2.75) is 19.8 Å². The predicted molar refractivity (Wildman–Crippen MR) is 69.9 cm³/mol. The molecule has 2 nitrogen and oxygen atoms in total. The minimum Gasteiger partial charge on any atom is -0.398 e. The van der Waals surface area contributed by atoms with E-state index in [9.17, 15) is 0 Å². The highest BCUT2D eigenvalue weighted by atomic mass is 15.1. The summed E-state index contributed by atoms with van der Waals surface area (Å²) in [6.07, 6.45) is 2.51. The van der Waals surface area contributed by atoms with Gasteiger partial charge in [-0.25, -0.2) is 0 Å². The minimum absolute atomic E-state index is 0.825. The summed E-state index contributed by atoms with van der Waals surface area (Å²) in [7, 11) is 0. The minimum atomic E-state index is 0.825. The molecule has 1 heterocycles. The van der Waals surface area contributed by atoms with E-state index < -0.39 is 0 Å². The van der Waals surface area contributed by atoms with Crippen LogP contribution in [0.2, 0.25) is 0 Å². The first-order chi connectivity index (χ1) is 7.68.